The highest BCUT2D eigenvalue weighted by atomic mass is 127. The summed E-state index contributed by atoms with van der Waals surface area (Å²) in [6, 6.07) is 3.88. The zero-order chi connectivity index (χ0) is 12.5. The molecule has 1 heterocycles. The van der Waals surface area contributed by atoms with Crippen molar-refractivity contribution in [3.8, 4) is 11.6 Å². The predicted octanol–water partition coefficient (Wildman–Crippen LogP) is 4.04. The number of nitrogens with zero attached hydrogens (tertiary/aromatic N) is 1. The number of pyridine rings is 1. The Balaban J connectivity index is 2.59. The van der Waals surface area contributed by atoms with Gasteiger partial charge < -0.3 is 9.47 Å². The molecule has 0 aromatic carbocycles. The van der Waals surface area contributed by atoms with E-state index in [1.807, 2.05) is 12.1 Å². The van der Waals surface area contributed by atoms with Crippen LogP contribution in [0.1, 0.15) is 39.5 Å². The second-order valence-electron chi connectivity index (χ2n) is 3.84. The van der Waals surface area contributed by atoms with E-state index >= 15 is 0 Å². The summed E-state index contributed by atoms with van der Waals surface area (Å²) < 4.78 is 12.2. The Labute approximate surface area is 117 Å². The van der Waals surface area contributed by atoms with Crippen LogP contribution in [0.3, 0.4) is 0 Å². The van der Waals surface area contributed by atoms with Crippen molar-refractivity contribution in [2.24, 2.45) is 0 Å². The second-order valence-corrected chi connectivity index (χ2v) is 4.95. The van der Waals surface area contributed by atoms with Gasteiger partial charge in [0.05, 0.1) is 13.2 Å². The Kier molecular flexibility index (Phi) is 7.32. The minimum absolute atomic E-state index is 0.626. The van der Waals surface area contributed by atoms with Crippen LogP contribution in [0, 0.1) is 3.70 Å². The molecule has 0 aliphatic carbocycles. The molecule has 0 aliphatic heterocycles. The molecule has 1 rings (SSSR count). The topological polar surface area (TPSA) is 31.4 Å². The molecule has 0 saturated heterocycles. The molecule has 0 unspecified atom stereocenters. The average molecular weight is 349 g/mol. The van der Waals surface area contributed by atoms with E-state index in [1.54, 1.807) is 0 Å². The number of aromatic nitrogens is 1. The molecule has 0 amide bonds. The van der Waals surface area contributed by atoms with Gasteiger partial charge in [-0.15, -0.1) is 0 Å². The molecule has 1 aromatic rings. The summed E-state index contributed by atoms with van der Waals surface area (Å²) in [4.78, 5) is 4.36. The summed E-state index contributed by atoms with van der Waals surface area (Å²) in [5, 5.41) is 0. The largest absolute Gasteiger partial charge is 0.488 e. The third kappa shape index (κ3) is 5.57. The lowest BCUT2D eigenvalue weighted by atomic mass is 10.3. The van der Waals surface area contributed by atoms with Gasteiger partial charge in [-0.1, -0.05) is 26.7 Å². The first kappa shape index (κ1) is 14.5. The maximum atomic E-state index is 5.67. The summed E-state index contributed by atoms with van der Waals surface area (Å²) in [5.74, 6) is 1.39. The van der Waals surface area contributed by atoms with Gasteiger partial charge in [-0.25, -0.2) is 4.98 Å². The highest BCUT2D eigenvalue weighted by Gasteiger charge is 2.07. The highest BCUT2D eigenvalue weighted by molar-refractivity contribution is 14.1. The van der Waals surface area contributed by atoms with Crippen molar-refractivity contribution in [1.82, 2.24) is 4.98 Å². The minimum Gasteiger partial charge on any atom is -0.488 e. The van der Waals surface area contributed by atoms with Crippen molar-refractivity contribution >= 4 is 22.6 Å². The van der Waals surface area contributed by atoms with Crippen molar-refractivity contribution in [2.75, 3.05) is 13.2 Å². The molecule has 0 bridgehead atoms. The summed E-state index contributed by atoms with van der Waals surface area (Å²) in [6.45, 7) is 5.72. The molecule has 96 valence electrons. The van der Waals surface area contributed by atoms with Crippen LogP contribution in [-0.4, -0.2) is 18.2 Å². The Bertz CT molecular complexity index is 331. The van der Waals surface area contributed by atoms with Gasteiger partial charge in [0.25, 0.3) is 5.88 Å². The zero-order valence-corrected chi connectivity index (χ0v) is 12.7. The average Bonchev–Trinajstić information content (AvgIpc) is 2.32. The SMILES string of the molecule is CCCCOc1ccc(I)nc1OCCCC. The Morgan fingerprint density at radius 2 is 1.71 bits per heavy atom. The van der Waals surface area contributed by atoms with E-state index < -0.39 is 0 Å². The number of unbranched alkanes of at least 4 members (excludes halogenated alkanes) is 2. The van der Waals surface area contributed by atoms with E-state index in [0.29, 0.717) is 12.5 Å². The highest BCUT2D eigenvalue weighted by Crippen LogP contribution is 2.26. The van der Waals surface area contributed by atoms with E-state index in [1.165, 1.54) is 0 Å². The molecule has 1 aromatic heterocycles. The van der Waals surface area contributed by atoms with E-state index in [4.69, 9.17) is 9.47 Å². The maximum Gasteiger partial charge on any atom is 0.258 e. The van der Waals surface area contributed by atoms with Crippen LogP contribution in [0.4, 0.5) is 0 Å². The van der Waals surface area contributed by atoms with Crippen LogP contribution in [0.15, 0.2) is 12.1 Å². The monoisotopic (exact) mass is 349 g/mol. The third-order valence-electron chi connectivity index (χ3n) is 2.28. The molecule has 3 nitrogen and oxygen atoms in total. The number of rotatable bonds is 8. The van der Waals surface area contributed by atoms with Gasteiger partial charge in [-0.05, 0) is 47.6 Å². The summed E-state index contributed by atoms with van der Waals surface area (Å²) >= 11 is 2.18. The lowest BCUT2D eigenvalue weighted by molar-refractivity contribution is 0.253. The maximum absolute atomic E-state index is 5.67. The fourth-order valence-corrected chi connectivity index (χ4v) is 1.66. The summed E-state index contributed by atoms with van der Waals surface area (Å²) in [5.41, 5.74) is 0. The minimum atomic E-state index is 0.626. The Hall–Kier alpha value is -0.520. The molecule has 4 heteroatoms. The van der Waals surface area contributed by atoms with Gasteiger partial charge in [-0.3, -0.25) is 0 Å². The van der Waals surface area contributed by atoms with Gasteiger partial charge >= 0.3 is 0 Å². The van der Waals surface area contributed by atoms with Gasteiger partial charge in [0.15, 0.2) is 5.75 Å². The van der Waals surface area contributed by atoms with Crippen LogP contribution < -0.4 is 9.47 Å². The molecule has 0 radical (unpaired) electrons. The van der Waals surface area contributed by atoms with Crippen LogP contribution in [0.2, 0.25) is 0 Å². The van der Waals surface area contributed by atoms with E-state index in [9.17, 15) is 0 Å². The summed E-state index contributed by atoms with van der Waals surface area (Å²) in [7, 11) is 0. The molecule has 17 heavy (non-hydrogen) atoms. The number of halogens is 1. The van der Waals surface area contributed by atoms with E-state index in [-0.39, 0.29) is 0 Å². The molecule has 0 aliphatic rings. The van der Waals surface area contributed by atoms with Crippen molar-refractivity contribution in [1.29, 1.82) is 0 Å². The first-order valence-electron chi connectivity index (χ1n) is 6.20. The van der Waals surface area contributed by atoms with Crippen LogP contribution in [0.5, 0.6) is 11.6 Å². The van der Waals surface area contributed by atoms with Crippen molar-refractivity contribution in [3.05, 3.63) is 15.8 Å². The standard InChI is InChI=1S/C13H20INO2/c1-3-5-9-16-11-7-8-12(14)15-13(11)17-10-6-4-2/h7-8H,3-6,9-10H2,1-2H3. The number of ether oxygens (including phenoxy) is 2. The van der Waals surface area contributed by atoms with Crippen molar-refractivity contribution in [2.45, 2.75) is 39.5 Å². The number of hydrogen-bond acceptors (Lipinski definition) is 3. The lowest BCUT2D eigenvalue weighted by Crippen LogP contribution is -2.04. The molecule has 0 saturated carbocycles. The quantitative estimate of drug-likeness (QED) is 0.403. The summed E-state index contributed by atoms with van der Waals surface area (Å²) in [6.07, 6.45) is 4.35. The Morgan fingerprint density at radius 3 is 2.35 bits per heavy atom. The van der Waals surface area contributed by atoms with Crippen molar-refractivity contribution in [3.63, 3.8) is 0 Å². The van der Waals surface area contributed by atoms with E-state index in [2.05, 4.69) is 41.4 Å². The van der Waals surface area contributed by atoms with Crippen LogP contribution >= 0.6 is 22.6 Å². The molecule has 0 atom stereocenters. The van der Waals surface area contributed by atoms with Crippen LogP contribution in [0.25, 0.3) is 0 Å². The van der Waals surface area contributed by atoms with Gasteiger partial charge in [-0.2, -0.15) is 0 Å². The van der Waals surface area contributed by atoms with Crippen molar-refractivity contribution < 1.29 is 9.47 Å². The lowest BCUT2D eigenvalue weighted by Gasteiger charge is -2.11. The number of hydrogen-bond donors (Lipinski definition) is 0. The van der Waals surface area contributed by atoms with E-state index in [0.717, 1.165) is 41.7 Å². The van der Waals surface area contributed by atoms with Gasteiger partial charge in [0, 0.05) is 0 Å². The molecular formula is C13H20INO2. The smallest absolute Gasteiger partial charge is 0.258 e. The first-order valence-corrected chi connectivity index (χ1v) is 7.28. The second kappa shape index (κ2) is 8.55. The fraction of sp³-hybridized carbons (Fsp3) is 0.615. The molecule has 0 N–H and O–H groups in total. The molecule has 0 fully saturated rings. The molecule has 0 spiro atoms. The molecular weight excluding hydrogens is 329 g/mol. The zero-order valence-electron chi connectivity index (χ0n) is 10.5. The Morgan fingerprint density at radius 1 is 1.06 bits per heavy atom. The fourth-order valence-electron chi connectivity index (χ4n) is 1.26. The third-order valence-corrected chi connectivity index (χ3v) is 2.88. The predicted molar refractivity (Wildman–Crippen MR) is 77.8 cm³/mol. The van der Waals surface area contributed by atoms with Crippen LogP contribution in [-0.2, 0) is 0 Å². The first-order chi connectivity index (χ1) is 8.27. The van der Waals surface area contributed by atoms with Gasteiger partial charge in [0.2, 0.25) is 0 Å². The normalized spacial score (nSPS) is 10.3. The van der Waals surface area contributed by atoms with Gasteiger partial charge in [0.1, 0.15) is 3.70 Å².